The molecule has 112 valence electrons. The molecular formula is C15H17NO4S. The van der Waals surface area contributed by atoms with Crippen LogP contribution in [0.3, 0.4) is 0 Å². The summed E-state index contributed by atoms with van der Waals surface area (Å²) in [6.07, 6.45) is 0. The molecule has 0 aliphatic carbocycles. The largest absolute Gasteiger partial charge is 0.480 e. The maximum atomic E-state index is 12.0. The first-order valence-corrected chi connectivity index (χ1v) is 8.09. The molecule has 0 fully saturated rings. The van der Waals surface area contributed by atoms with Gasteiger partial charge in [0.2, 0.25) is 10.0 Å². The number of rotatable bonds is 5. The Hall–Kier alpha value is -1.92. The molecule has 2 aromatic carbocycles. The Kier molecular flexibility index (Phi) is 4.29. The van der Waals surface area contributed by atoms with E-state index < -0.39 is 27.3 Å². The predicted molar refractivity (Wildman–Crippen MR) is 81.5 cm³/mol. The normalized spacial score (nSPS) is 14.8. The maximum Gasteiger partial charge on any atom is 0.323 e. The molecule has 0 bridgehead atoms. The second-order valence-electron chi connectivity index (χ2n) is 4.93. The summed E-state index contributed by atoms with van der Waals surface area (Å²) in [6.45, 7) is 2.86. The van der Waals surface area contributed by atoms with Crippen molar-refractivity contribution >= 4 is 26.8 Å². The molecule has 0 saturated carbocycles. The van der Waals surface area contributed by atoms with Crippen LogP contribution < -0.4 is 4.72 Å². The Morgan fingerprint density at radius 1 is 1.10 bits per heavy atom. The van der Waals surface area contributed by atoms with Gasteiger partial charge in [-0.05, 0) is 30.2 Å². The van der Waals surface area contributed by atoms with Crippen molar-refractivity contribution in [3.63, 3.8) is 0 Å². The first-order valence-electron chi connectivity index (χ1n) is 6.54. The zero-order valence-electron chi connectivity index (χ0n) is 11.8. The van der Waals surface area contributed by atoms with Gasteiger partial charge in [0.25, 0.3) is 0 Å². The number of hydrogen-bond acceptors (Lipinski definition) is 3. The van der Waals surface area contributed by atoms with Crippen LogP contribution in [-0.2, 0) is 14.8 Å². The number of fused-ring (bicyclic) bond motifs is 1. The third-order valence-corrected chi connectivity index (χ3v) is 5.26. The van der Waals surface area contributed by atoms with Gasteiger partial charge in [-0.1, -0.05) is 42.5 Å². The lowest BCUT2D eigenvalue weighted by Crippen LogP contribution is -2.38. The molecule has 2 aromatic rings. The number of hydrogen-bond donors (Lipinski definition) is 2. The number of carbonyl (C=O) groups is 1. The van der Waals surface area contributed by atoms with E-state index in [1.807, 2.05) is 42.5 Å². The Morgan fingerprint density at radius 3 is 2.38 bits per heavy atom. The topological polar surface area (TPSA) is 83.5 Å². The van der Waals surface area contributed by atoms with Crippen molar-refractivity contribution in [1.29, 1.82) is 0 Å². The quantitative estimate of drug-likeness (QED) is 0.887. The molecule has 0 heterocycles. The van der Waals surface area contributed by atoms with Crippen molar-refractivity contribution in [2.75, 3.05) is 0 Å². The lowest BCUT2D eigenvalue weighted by Gasteiger charge is -2.18. The fraction of sp³-hybridized carbons (Fsp3) is 0.267. The number of nitrogens with one attached hydrogen (secondary N) is 1. The molecule has 2 rings (SSSR count). The van der Waals surface area contributed by atoms with Gasteiger partial charge in [-0.3, -0.25) is 4.79 Å². The van der Waals surface area contributed by atoms with E-state index in [9.17, 15) is 13.2 Å². The van der Waals surface area contributed by atoms with E-state index in [1.165, 1.54) is 0 Å². The Labute approximate surface area is 123 Å². The third kappa shape index (κ3) is 3.22. The van der Waals surface area contributed by atoms with Crippen molar-refractivity contribution < 1.29 is 18.3 Å². The molecule has 0 aromatic heterocycles. The Bertz CT molecular complexity index is 765. The van der Waals surface area contributed by atoms with E-state index in [4.69, 9.17) is 5.11 Å². The molecule has 0 amide bonds. The summed E-state index contributed by atoms with van der Waals surface area (Å²) >= 11 is 0. The standard InChI is InChI=1S/C15H17NO4S/c1-10(16-21(19,20)11(2)15(17)18)13-9-5-7-12-6-3-4-8-14(12)13/h3-11,16H,1-2H3,(H,17,18). The zero-order valence-corrected chi connectivity index (χ0v) is 12.6. The fourth-order valence-corrected chi connectivity index (χ4v) is 3.26. The SMILES string of the molecule is CC(NS(=O)(=O)C(C)C(=O)O)c1cccc2ccccc12. The monoisotopic (exact) mass is 307 g/mol. The highest BCUT2D eigenvalue weighted by Gasteiger charge is 2.29. The van der Waals surface area contributed by atoms with E-state index in [0.29, 0.717) is 0 Å². The van der Waals surface area contributed by atoms with Gasteiger partial charge in [-0.15, -0.1) is 0 Å². The summed E-state index contributed by atoms with van der Waals surface area (Å²) in [4.78, 5) is 10.9. The predicted octanol–water partition coefficient (Wildman–Crippen LogP) is 2.29. The lowest BCUT2D eigenvalue weighted by atomic mass is 10.0. The van der Waals surface area contributed by atoms with E-state index in [1.54, 1.807) is 6.92 Å². The average Bonchev–Trinajstić information content (AvgIpc) is 2.45. The zero-order chi connectivity index (χ0) is 15.6. The van der Waals surface area contributed by atoms with Gasteiger partial charge >= 0.3 is 5.97 Å². The smallest absolute Gasteiger partial charge is 0.323 e. The number of benzene rings is 2. The highest BCUT2D eigenvalue weighted by molar-refractivity contribution is 7.90. The van der Waals surface area contributed by atoms with Crippen molar-refractivity contribution in [1.82, 2.24) is 4.72 Å². The van der Waals surface area contributed by atoms with E-state index in [-0.39, 0.29) is 0 Å². The molecule has 5 nitrogen and oxygen atoms in total. The molecule has 0 aliphatic rings. The summed E-state index contributed by atoms with van der Waals surface area (Å²) in [5.41, 5.74) is 0.814. The fourth-order valence-electron chi connectivity index (χ4n) is 2.17. The van der Waals surface area contributed by atoms with Gasteiger partial charge in [-0.25, -0.2) is 13.1 Å². The van der Waals surface area contributed by atoms with Crippen LogP contribution in [0.4, 0.5) is 0 Å². The molecule has 6 heteroatoms. The second-order valence-corrected chi connectivity index (χ2v) is 6.97. The van der Waals surface area contributed by atoms with Gasteiger partial charge in [0, 0.05) is 6.04 Å². The van der Waals surface area contributed by atoms with Crippen LogP contribution in [0.1, 0.15) is 25.5 Å². The van der Waals surface area contributed by atoms with Gasteiger partial charge in [0.05, 0.1) is 0 Å². The van der Waals surface area contributed by atoms with Crippen molar-refractivity contribution in [3.05, 3.63) is 48.0 Å². The van der Waals surface area contributed by atoms with Gasteiger partial charge in [-0.2, -0.15) is 0 Å². The minimum atomic E-state index is -3.93. The Balaban J connectivity index is 2.36. The van der Waals surface area contributed by atoms with Gasteiger partial charge < -0.3 is 5.11 Å². The number of aliphatic carboxylic acids is 1. The van der Waals surface area contributed by atoms with Crippen LogP contribution in [0.15, 0.2) is 42.5 Å². The molecule has 2 atom stereocenters. The summed E-state index contributed by atoms with van der Waals surface area (Å²) in [7, 11) is -3.93. The molecule has 2 unspecified atom stereocenters. The molecule has 2 N–H and O–H groups in total. The van der Waals surface area contributed by atoms with Crippen LogP contribution in [0.25, 0.3) is 10.8 Å². The van der Waals surface area contributed by atoms with Crippen LogP contribution >= 0.6 is 0 Å². The number of carboxylic acid groups (broad SMARTS) is 1. The molecule has 0 aliphatic heterocycles. The van der Waals surface area contributed by atoms with Crippen molar-refractivity contribution in [2.24, 2.45) is 0 Å². The first-order chi connectivity index (χ1) is 9.83. The van der Waals surface area contributed by atoms with E-state index in [2.05, 4.69) is 4.72 Å². The van der Waals surface area contributed by atoms with Gasteiger partial charge in [0.15, 0.2) is 5.25 Å². The first kappa shape index (κ1) is 15.5. The molecular weight excluding hydrogens is 290 g/mol. The van der Waals surface area contributed by atoms with Crippen LogP contribution in [0, 0.1) is 0 Å². The minimum absolute atomic E-state index is 0.511. The second kappa shape index (κ2) is 5.83. The summed E-state index contributed by atoms with van der Waals surface area (Å²) in [5.74, 6) is -1.37. The Morgan fingerprint density at radius 2 is 1.71 bits per heavy atom. The van der Waals surface area contributed by atoms with E-state index >= 15 is 0 Å². The summed E-state index contributed by atoms with van der Waals surface area (Å²) < 4.78 is 26.4. The average molecular weight is 307 g/mol. The highest BCUT2D eigenvalue weighted by atomic mass is 32.2. The maximum absolute atomic E-state index is 12.0. The minimum Gasteiger partial charge on any atom is -0.480 e. The third-order valence-electron chi connectivity index (χ3n) is 3.44. The van der Waals surface area contributed by atoms with Crippen LogP contribution in [0.2, 0.25) is 0 Å². The lowest BCUT2D eigenvalue weighted by molar-refractivity contribution is -0.136. The summed E-state index contributed by atoms with van der Waals surface area (Å²) in [5, 5.41) is 9.31. The van der Waals surface area contributed by atoms with Crippen LogP contribution in [0.5, 0.6) is 0 Å². The van der Waals surface area contributed by atoms with Crippen LogP contribution in [-0.4, -0.2) is 24.7 Å². The molecule has 0 saturated heterocycles. The number of sulfonamides is 1. The van der Waals surface area contributed by atoms with Crippen molar-refractivity contribution in [3.8, 4) is 0 Å². The highest BCUT2D eigenvalue weighted by Crippen LogP contribution is 2.24. The van der Waals surface area contributed by atoms with Gasteiger partial charge in [0.1, 0.15) is 0 Å². The molecule has 0 radical (unpaired) electrons. The van der Waals surface area contributed by atoms with E-state index in [0.717, 1.165) is 23.3 Å². The summed E-state index contributed by atoms with van der Waals surface area (Å²) in [6, 6.07) is 12.8. The molecule has 0 spiro atoms. The molecule has 21 heavy (non-hydrogen) atoms. The van der Waals surface area contributed by atoms with Crippen molar-refractivity contribution in [2.45, 2.75) is 25.1 Å². The number of carboxylic acids is 1.